The fourth-order valence-electron chi connectivity index (χ4n) is 3.94. The average molecular weight is 345 g/mol. The van der Waals surface area contributed by atoms with Gasteiger partial charge in [0, 0.05) is 19.7 Å². The van der Waals surface area contributed by atoms with E-state index in [9.17, 15) is 4.79 Å². The van der Waals surface area contributed by atoms with Crippen LogP contribution in [0.2, 0.25) is 0 Å². The third-order valence-electron chi connectivity index (χ3n) is 5.08. The summed E-state index contributed by atoms with van der Waals surface area (Å²) in [5.41, 5.74) is 1.48. The van der Waals surface area contributed by atoms with Gasteiger partial charge in [0.15, 0.2) is 5.82 Å². The number of rotatable bonds is 3. The number of hydrogen-bond donors (Lipinski definition) is 0. The summed E-state index contributed by atoms with van der Waals surface area (Å²) < 4.78 is 13.0. The van der Waals surface area contributed by atoms with E-state index in [1.807, 2.05) is 24.8 Å². The number of aryl methyl sites for hydroxylation is 3. The molecule has 0 aromatic carbocycles. The molecule has 0 N–H and O–H groups in total. The maximum atomic E-state index is 13.3. The van der Waals surface area contributed by atoms with E-state index in [-0.39, 0.29) is 24.0 Å². The Labute approximate surface area is 146 Å². The molecule has 8 nitrogen and oxygen atoms in total. The lowest BCUT2D eigenvalue weighted by Gasteiger charge is -2.39. The van der Waals surface area contributed by atoms with Crippen molar-refractivity contribution in [2.75, 3.05) is 13.2 Å². The monoisotopic (exact) mass is 345 g/mol. The normalized spacial score (nSPS) is 26.0. The molecule has 2 fully saturated rings. The zero-order chi connectivity index (χ0) is 17.6. The summed E-state index contributed by atoms with van der Waals surface area (Å²) in [6.07, 6.45) is 1.70. The number of piperidine rings is 1. The fraction of sp³-hybridized carbons (Fsp3) is 0.647. The average Bonchev–Trinajstić information content (AvgIpc) is 3.32. The van der Waals surface area contributed by atoms with E-state index < -0.39 is 0 Å². The van der Waals surface area contributed by atoms with E-state index in [1.165, 1.54) is 0 Å². The lowest BCUT2D eigenvalue weighted by atomic mass is 9.89. The lowest BCUT2D eigenvalue weighted by molar-refractivity contribution is 0.0118. The van der Waals surface area contributed by atoms with E-state index in [0.29, 0.717) is 37.1 Å². The Kier molecular flexibility index (Phi) is 4.07. The van der Waals surface area contributed by atoms with Crippen LogP contribution in [-0.2, 0) is 11.3 Å². The van der Waals surface area contributed by atoms with Gasteiger partial charge in [-0.25, -0.2) is 0 Å². The Bertz CT molecular complexity index is 783. The third kappa shape index (κ3) is 2.84. The summed E-state index contributed by atoms with van der Waals surface area (Å²) in [6.45, 7) is 7.62. The van der Waals surface area contributed by atoms with Crippen LogP contribution in [0.25, 0.3) is 0 Å². The van der Waals surface area contributed by atoms with E-state index in [4.69, 9.17) is 9.26 Å². The van der Waals surface area contributed by atoms with Gasteiger partial charge in [-0.3, -0.25) is 9.48 Å². The Morgan fingerprint density at radius 1 is 1.40 bits per heavy atom. The lowest BCUT2D eigenvalue weighted by Crippen LogP contribution is -2.51. The molecule has 0 aliphatic carbocycles. The van der Waals surface area contributed by atoms with Crippen molar-refractivity contribution in [1.29, 1.82) is 0 Å². The number of nitrogens with zero attached hydrogens (tertiary/aromatic N) is 5. The number of carbonyl (C=O) groups is 1. The molecule has 25 heavy (non-hydrogen) atoms. The van der Waals surface area contributed by atoms with Gasteiger partial charge in [0.05, 0.1) is 23.8 Å². The van der Waals surface area contributed by atoms with Crippen molar-refractivity contribution in [3.63, 3.8) is 0 Å². The number of fused-ring (bicyclic) bond motifs is 1. The second-order valence-corrected chi connectivity index (χ2v) is 6.82. The van der Waals surface area contributed by atoms with Gasteiger partial charge in [-0.1, -0.05) is 5.16 Å². The molecule has 4 heterocycles. The minimum Gasteiger partial charge on any atom is -0.376 e. The largest absolute Gasteiger partial charge is 0.376 e. The Hall–Kier alpha value is -2.22. The maximum absolute atomic E-state index is 13.3. The summed E-state index contributed by atoms with van der Waals surface area (Å²) in [6, 6.07) is 1.96. The van der Waals surface area contributed by atoms with Crippen LogP contribution >= 0.6 is 0 Å². The van der Waals surface area contributed by atoms with E-state index in [2.05, 4.69) is 15.2 Å². The Morgan fingerprint density at radius 2 is 2.24 bits per heavy atom. The first kappa shape index (κ1) is 16.3. The minimum absolute atomic E-state index is 0.00333. The van der Waals surface area contributed by atoms with Crippen LogP contribution in [0, 0.1) is 13.8 Å². The van der Waals surface area contributed by atoms with Crippen LogP contribution in [0.3, 0.4) is 0 Å². The predicted octanol–water partition coefficient (Wildman–Crippen LogP) is 1.69. The Balaban J connectivity index is 1.64. The second kappa shape index (κ2) is 6.25. The van der Waals surface area contributed by atoms with Gasteiger partial charge in [0.1, 0.15) is 5.69 Å². The molecule has 0 bridgehead atoms. The van der Waals surface area contributed by atoms with Crippen LogP contribution in [0.15, 0.2) is 10.6 Å². The van der Waals surface area contributed by atoms with Crippen molar-refractivity contribution in [3.8, 4) is 0 Å². The van der Waals surface area contributed by atoms with Gasteiger partial charge in [-0.2, -0.15) is 10.1 Å². The van der Waals surface area contributed by atoms with Gasteiger partial charge in [0.2, 0.25) is 5.89 Å². The minimum atomic E-state index is 0.00333. The summed E-state index contributed by atoms with van der Waals surface area (Å²) in [7, 11) is 0. The molecule has 0 spiro atoms. The number of aromatic nitrogens is 4. The second-order valence-electron chi connectivity index (χ2n) is 6.82. The molecule has 2 aromatic heterocycles. The SMILES string of the molecule is CCn1nc(C)cc1C(=O)N1C[C@H](c2nc(C)no2)C[C@@H]2OCC[C@@H]21. The highest BCUT2D eigenvalue weighted by atomic mass is 16.5. The third-order valence-corrected chi connectivity index (χ3v) is 5.08. The van der Waals surface area contributed by atoms with E-state index in [0.717, 1.165) is 18.5 Å². The van der Waals surface area contributed by atoms with Gasteiger partial charge in [-0.05, 0) is 39.7 Å². The first-order chi connectivity index (χ1) is 12.1. The molecule has 4 rings (SSSR count). The standard InChI is InChI=1S/C17H23N5O3/c1-4-22-14(7-10(2)19-22)17(23)21-9-12(16-18-11(3)20-25-16)8-15-13(21)5-6-24-15/h7,12-13,15H,4-6,8-9H2,1-3H3/t12-,13+,15+/m1/s1. The first-order valence-electron chi connectivity index (χ1n) is 8.84. The van der Waals surface area contributed by atoms with Crippen LogP contribution in [0.1, 0.15) is 53.6 Å². The van der Waals surface area contributed by atoms with Crippen molar-refractivity contribution < 1.29 is 14.1 Å². The zero-order valence-corrected chi connectivity index (χ0v) is 14.8. The van der Waals surface area contributed by atoms with Gasteiger partial charge in [-0.15, -0.1) is 0 Å². The van der Waals surface area contributed by atoms with Crippen LogP contribution < -0.4 is 0 Å². The molecule has 0 radical (unpaired) electrons. The van der Waals surface area contributed by atoms with Crippen LogP contribution in [0.5, 0.6) is 0 Å². The zero-order valence-electron chi connectivity index (χ0n) is 14.8. The molecule has 0 unspecified atom stereocenters. The van der Waals surface area contributed by atoms with Crippen molar-refractivity contribution in [2.45, 2.75) is 58.2 Å². The number of likely N-dealkylation sites (tertiary alicyclic amines) is 1. The molecule has 0 saturated carbocycles. The number of ether oxygens (including phenoxy) is 1. The van der Waals surface area contributed by atoms with E-state index in [1.54, 1.807) is 11.6 Å². The topological polar surface area (TPSA) is 86.3 Å². The van der Waals surface area contributed by atoms with Gasteiger partial charge < -0.3 is 14.2 Å². The van der Waals surface area contributed by atoms with Crippen molar-refractivity contribution >= 4 is 5.91 Å². The van der Waals surface area contributed by atoms with Crippen LogP contribution in [-0.4, -0.2) is 56.0 Å². The van der Waals surface area contributed by atoms with Crippen molar-refractivity contribution in [1.82, 2.24) is 24.8 Å². The number of carbonyl (C=O) groups excluding carboxylic acids is 1. The molecule has 134 valence electrons. The molecule has 1 amide bonds. The predicted molar refractivity (Wildman–Crippen MR) is 88.2 cm³/mol. The van der Waals surface area contributed by atoms with Crippen LogP contribution in [0.4, 0.5) is 0 Å². The molecule has 2 aliphatic heterocycles. The quantitative estimate of drug-likeness (QED) is 0.841. The molecular formula is C17H23N5O3. The fourth-order valence-corrected chi connectivity index (χ4v) is 3.94. The molecule has 2 aliphatic rings. The maximum Gasteiger partial charge on any atom is 0.272 e. The summed E-state index contributed by atoms with van der Waals surface area (Å²) in [5, 5.41) is 8.30. The van der Waals surface area contributed by atoms with Gasteiger partial charge >= 0.3 is 0 Å². The molecule has 2 saturated heterocycles. The number of hydrogen-bond acceptors (Lipinski definition) is 6. The molecular weight excluding hydrogens is 322 g/mol. The summed E-state index contributed by atoms with van der Waals surface area (Å²) in [5.74, 6) is 1.21. The number of amides is 1. The summed E-state index contributed by atoms with van der Waals surface area (Å²) >= 11 is 0. The smallest absolute Gasteiger partial charge is 0.272 e. The molecule has 8 heteroatoms. The Morgan fingerprint density at radius 3 is 2.96 bits per heavy atom. The molecule has 2 aromatic rings. The highest BCUT2D eigenvalue weighted by Gasteiger charge is 2.44. The van der Waals surface area contributed by atoms with E-state index >= 15 is 0 Å². The van der Waals surface area contributed by atoms with Crippen molar-refractivity contribution in [3.05, 3.63) is 29.2 Å². The highest BCUT2D eigenvalue weighted by molar-refractivity contribution is 5.93. The first-order valence-corrected chi connectivity index (χ1v) is 8.84. The summed E-state index contributed by atoms with van der Waals surface area (Å²) in [4.78, 5) is 19.5. The highest BCUT2D eigenvalue weighted by Crippen LogP contribution is 2.36. The van der Waals surface area contributed by atoms with Gasteiger partial charge in [0.25, 0.3) is 5.91 Å². The molecule has 3 atom stereocenters. The van der Waals surface area contributed by atoms with Crippen molar-refractivity contribution in [2.24, 2.45) is 0 Å².